The molecule has 4 N–H and O–H groups in total. The highest BCUT2D eigenvalue weighted by molar-refractivity contribution is 5.69. The Hall–Kier alpha value is -1.89. The number of aromatic nitrogens is 2. The van der Waals surface area contributed by atoms with Crippen LogP contribution in [-0.4, -0.2) is 29.1 Å². The van der Waals surface area contributed by atoms with Crippen molar-refractivity contribution in [2.45, 2.75) is 46.5 Å². The quantitative estimate of drug-likeness (QED) is 0.291. The second-order valence-electron chi connectivity index (χ2n) is 5.04. The Kier molecular flexibility index (Phi) is 6.87. The Labute approximate surface area is 125 Å². The van der Waals surface area contributed by atoms with Crippen molar-refractivity contribution in [1.82, 2.24) is 9.97 Å². The molecule has 0 radical (unpaired) electrons. The highest BCUT2D eigenvalue weighted by Crippen LogP contribution is 2.22. The number of ether oxygens (including phenoxy) is 1. The van der Waals surface area contributed by atoms with Gasteiger partial charge in [-0.2, -0.15) is 0 Å². The molecular formula is C14H25N5O2. The highest BCUT2D eigenvalue weighted by Gasteiger charge is 2.12. The SMILES string of the molecule is CCOC(=O)CCCNc1nc(C(C)C)nc(NN)c1C. The van der Waals surface area contributed by atoms with Crippen molar-refractivity contribution in [1.29, 1.82) is 0 Å². The van der Waals surface area contributed by atoms with Gasteiger partial charge in [0.25, 0.3) is 0 Å². The Morgan fingerprint density at radius 2 is 2.00 bits per heavy atom. The van der Waals surface area contributed by atoms with Gasteiger partial charge in [0.05, 0.1) is 6.61 Å². The average Bonchev–Trinajstić information content (AvgIpc) is 2.45. The molecule has 7 nitrogen and oxygen atoms in total. The van der Waals surface area contributed by atoms with Gasteiger partial charge in [-0.3, -0.25) is 4.79 Å². The lowest BCUT2D eigenvalue weighted by molar-refractivity contribution is -0.143. The number of nitrogens with zero attached hydrogens (tertiary/aromatic N) is 2. The second kappa shape index (κ2) is 8.41. The normalized spacial score (nSPS) is 10.6. The van der Waals surface area contributed by atoms with Crippen molar-refractivity contribution in [3.63, 3.8) is 0 Å². The summed E-state index contributed by atoms with van der Waals surface area (Å²) in [4.78, 5) is 20.1. The van der Waals surface area contributed by atoms with Crippen LogP contribution in [0.1, 0.15) is 50.9 Å². The van der Waals surface area contributed by atoms with Gasteiger partial charge < -0.3 is 15.5 Å². The molecule has 0 amide bonds. The average molecular weight is 295 g/mol. The summed E-state index contributed by atoms with van der Waals surface area (Å²) in [5.74, 6) is 7.60. The number of nitrogens with two attached hydrogens (primary N) is 1. The molecule has 0 saturated heterocycles. The molecule has 1 heterocycles. The number of hydrogen-bond donors (Lipinski definition) is 3. The van der Waals surface area contributed by atoms with Crippen molar-refractivity contribution < 1.29 is 9.53 Å². The number of hydrazine groups is 1. The monoisotopic (exact) mass is 295 g/mol. The maximum Gasteiger partial charge on any atom is 0.305 e. The first-order valence-electron chi connectivity index (χ1n) is 7.24. The summed E-state index contributed by atoms with van der Waals surface area (Å²) in [7, 11) is 0. The molecule has 0 atom stereocenters. The van der Waals surface area contributed by atoms with Gasteiger partial charge in [0, 0.05) is 24.4 Å². The van der Waals surface area contributed by atoms with E-state index in [4.69, 9.17) is 10.6 Å². The molecular weight excluding hydrogens is 270 g/mol. The molecule has 1 aromatic heterocycles. The van der Waals surface area contributed by atoms with E-state index >= 15 is 0 Å². The van der Waals surface area contributed by atoms with Crippen LogP contribution in [0.5, 0.6) is 0 Å². The van der Waals surface area contributed by atoms with Crippen molar-refractivity contribution in [3.05, 3.63) is 11.4 Å². The van der Waals surface area contributed by atoms with Gasteiger partial charge in [0.2, 0.25) is 0 Å². The van der Waals surface area contributed by atoms with Crippen molar-refractivity contribution in [2.24, 2.45) is 5.84 Å². The van der Waals surface area contributed by atoms with Gasteiger partial charge in [0.1, 0.15) is 17.5 Å². The number of hydrogen-bond acceptors (Lipinski definition) is 7. The molecule has 0 unspecified atom stereocenters. The van der Waals surface area contributed by atoms with Crippen LogP contribution in [0.15, 0.2) is 0 Å². The third-order valence-electron chi connectivity index (χ3n) is 2.97. The van der Waals surface area contributed by atoms with E-state index in [9.17, 15) is 4.79 Å². The van der Waals surface area contributed by atoms with Crippen LogP contribution in [0.25, 0.3) is 0 Å². The first-order chi connectivity index (χ1) is 9.99. The van der Waals surface area contributed by atoms with Gasteiger partial charge in [-0.15, -0.1) is 0 Å². The van der Waals surface area contributed by atoms with Crippen LogP contribution in [-0.2, 0) is 9.53 Å². The molecule has 21 heavy (non-hydrogen) atoms. The van der Waals surface area contributed by atoms with E-state index in [-0.39, 0.29) is 11.9 Å². The molecule has 0 saturated carbocycles. The zero-order chi connectivity index (χ0) is 15.8. The van der Waals surface area contributed by atoms with Gasteiger partial charge >= 0.3 is 5.97 Å². The van der Waals surface area contributed by atoms with E-state index in [1.54, 1.807) is 6.92 Å². The lowest BCUT2D eigenvalue weighted by atomic mass is 10.2. The maximum absolute atomic E-state index is 11.3. The minimum absolute atomic E-state index is 0.175. The van der Waals surface area contributed by atoms with E-state index in [0.29, 0.717) is 31.8 Å². The minimum atomic E-state index is -0.175. The van der Waals surface area contributed by atoms with Gasteiger partial charge in [-0.25, -0.2) is 15.8 Å². The third-order valence-corrected chi connectivity index (χ3v) is 2.97. The number of nitrogens with one attached hydrogen (secondary N) is 2. The maximum atomic E-state index is 11.3. The smallest absolute Gasteiger partial charge is 0.305 e. The summed E-state index contributed by atoms with van der Waals surface area (Å²) < 4.78 is 4.89. The van der Waals surface area contributed by atoms with Crippen LogP contribution in [0.4, 0.5) is 11.6 Å². The predicted molar refractivity (Wildman–Crippen MR) is 83.0 cm³/mol. The molecule has 0 aliphatic heterocycles. The summed E-state index contributed by atoms with van der Waals surface area (Å²) in [6.45, 7) is 8.80. The van der Waals surface area contributed by atoms with Crippen LogP contribution >= 0.6 is 0 Å². The number of carbonyl (C=O) groups excluding carboxylic acids is 1. The third kappa shape index (κ3) is 5.18. The van der Waals surface area contributed by atoms with Crippen LogP contribution in [0, 0.1) is 6.92 Å². The molecule has 0 aliphatic carbocycles. The molecule has 0 spiro atoms. The second-order valence-corrected chi connectivity index (χ2v) is 5.04. The Morgan fingerprint density at radius 1 is 1.33 bits per heavy atom. The van der Waals surface area contributed by atoms with Crippen molar-refractivity contribution >= 4 is 17.6 Å². The highest BCUT2D eigenvalue weighted by atomic mass is 16.5. The lowest BCUT2D eigenvalue weighted by Gasteiger charge is -2.14. The number of nitrogen functional groups attached to an aromatic ring is 1. The summed E-state index contributed by atoms with van der Waals surface area (Å²) >= 11 is 0. The zero-order valence-corrected chi connectivity index (χ0v) is 13.2. The molecule has 0 bridgehead atoms. The molecule has 1 rings (SSSR count). The zero-order valence-electron chi connectivity index (χ0n) is 13.2. The lowest BCUT2D eigenvalue weighted by Crippen LogP contribution is -2.16. The van der Waals surface area contributed by atoms with Gasteiger partial charge in [-0.05, 0) is 20.3 Å². The van der Waals surface area contributed by atoms with Gasteiger partial charge in [-0.1, -0.05) is 13.8 Å². The van der Waals surface area contributed by atoms with Crippen LogP contribution in [0.2, 0.25) is 0 Å². The van der Waals surface area contributed by atoms with Crippen molar-refractivity contribution in [3.8, 4) is 0 Å². The van der Waals surface area contributed by atoms with E-state index in [2.05, 4.69) is 20.7 Å². The van der Waals surface area contributed by atoms with Crippen LogP contribution in [0.3, 0.4) is 0 Å². The first-order valence-corrected chi connectivity index (χ1v) is 7.24. The first kappa shape index (κ1) is 17.2. The number of esters is 1. The van der Waals surface area contributed by atoms with E-state index in [1.807, 2.05) is 20.8 Å². The minimum Gasteiger partial charge on any atom is -0.466 e. The molecule has 7 heteroatoms. The summed E-state index contributed by atoms with van der Waals surface area (Å²) in [5, 5.41) is 3.23. The fourth-order valence-electron chi connectivity index (χ4n) is 1.78. The fraction of sp³-hybridized carbons (Fsp3) is 0.643. The number of rotatable bonds is 8. The predicted octanol–water partition coefficient (Wildman–Crippen LogP) is 1.95. The topological polar surface area (TPSA) is 102 Å². The molecule has 0 aliphatic rings. The van der Waals surface area contributed by atoms with E-state index in [0.717, 1.165) is 17.2 Å². The summed E-state index contributed by atoms with van der Waals surface area (Å²) in [5.41, 5.74) is 3.45. The fourth-order valence-corrected chi connectivity index (χ4v) is 1.78. The van der Waals surface area contributed by atoms with Crippen molar-refractivity contribution in [2.75, 3.05) is 23.9 Å². The Bertz CT molecular complexity index is 477. The standard InChI is InChI=1S/C14H25N5O2/c1-5-21-11(20)7-6-8-16-13-10(4)14(19-15)18-12(17-13)9(2)3/h9H,5-8,15H2,1-4H3,(H2,16,17,18,19). The molecule has 1 aromatic rings. The molecule has 0 aromatic carbocycles. The van der Waals surface area contributed by atoms with E-state index in [1.165, 1.54) is 0 Å². The largest absolute Gasteiger partial charge is 0.466 e. The number of carbonyl (C=O) groups is 1. The van der Waals surface area contributed by atoms with E-state index < -0.39 is 0 Å². The Morgan fingerprint density at radius 3 is 2.57 bits per heavy atom. The summed E-state index contributed by atoms with van der Waals surface area (Å²) in [6, 6.07) is 0. The molecule has 118 valence electrons. The number of anilines is 2. The Balaban J connectivity index is 2.65. The summed E-state index contributed by atoms with van der Waals surface area (Å²) in [6.07, 6.45) is 1.08. The van der Waals surface area contributed by atoms with Gasteiger partial charge in [0.15, 0.2) is 0 Å². The van der Waals surface area contributed by atoms with Crippen LogP contribution < -0.4 is 16.6 Å². The molecule has 0 fully saturated rings.